The van der Waals surface area contributed by atoms with Gasteiger partial charge in [-0.15, -0.1) is 0 Å². The second-order valence-corrected chi connectivity index (χ2v) is 10.0. The van der Waals surface area contributed by atoms with E-state index in [-0.39, 0.29) is 29.1 Å². The number of benzene rings is 1. The highest BCUT2D eigenvalue weighted by Crippen LogP contribution is 2.23. The van der Waals surface area contributed by atoms with E-state index in [0.29, 0.717) is 31.5 Å². The molecule has 6 heteroatoms. The zero-order valence-electron chi connectivity index (χ0n) is 19.4. The van der Waals surface area contributed by atoms with Crippen LogP contribution in [-0.4, -0.2) is 59.7 Å². The Kier molecular flexibility index (Phi) is 7.39. The Balaban J connectivity index is 1.49. The molecule has 2 aliphatic rings. The summed E-state index contributed by atoms with van der Waals surface area (Å²) in [5.41, 5.74) is 1.74. The van der Waals surface area contributed by atoms with Gasteiger partial charge in [0.1, 0.15) is 6.04 Å². The van der Waals surface area contributed by atoms with Crippen molar-refractivity contribution >= 4 is 17.7 Å². The molecule has 0 aliphatic carbocycles. The molecule has 2 saturated heterocycles. The number of nitrogens with zero attached hydrogens (tertiary/aromatic N) is 2. The predicted molar refractivity (Wildman–Crippen MR) is 122 cm³/mol. The first-order chi connectivity index (χ1) is 14.7. The fraction of sp³-hybridized carbons (Fsp3) is 0.640. The first-order valence-electron chi connectivity index (χ1n) is 11.7. The van der Waals surface area contributed by atoms with Crippen LogP contribution in [0.15, 0.2) is 24.3 Å². The number of hydrogen-bond donors (Lipinski definition) is 1. The van der Waals surface area contributed by atoms with Crippen LogP contribution in [0.1, 0.15) is 75.7 Å². The largest absolute Gasteiger partial charge is 0.342 e. The summed E-state index contributed by atoms with van der Waals surface area (Å²) in [6, 6.07) is 6.95. The molecule has 0 bridgehead atoms. The fourth-order valence-corrected chi connectivity index (χ4v) is 4.46. The number of amides is 3. The van der Waals surface area contributed by atoms with E-state index in [1.165, 1.54) is 6.42 Å². The normalized spacial score (nSPS) is 19.1. The molecule has 0 aromatic heterocycles. The van der Waals surface area contributed by atoms with Crippen LogP contribution in [0.3, 0.4) is 0 Å². The van der Waals surface area contributed by atoms with E-state index in [2.05, 4.69) is 26.1 Å². The lowest BCUT2D eigenvalue weighted by molar-refractivity contribution is -0.141. The van der Waals surface area contributed by atoms with Gasteiger partial charge in [0, 0.05) is 37.7 Å². The maximum Gasteiger partial charge on any atom is 0.251 e. The highest BCUT2D eigenvalue weighted by molar-refractivity contribution is 5.97. The Morgan fingerprint density at radius 3 is 2.03 bits per heavy atom. The summed E-state index contributed by atoms with van der Waals surface area (Å²) in [5, 5.41) is 2.83. The van der Waals surface area contributed by atoms with Gasteiger partial charge in [-0.05, 0) is 62.1 Å². The van der Waals surface area contributed by atoms with Crippen molar-refractivity contribution in [3.8, 4) is 0 Å². The lowest BCUT2D eigenvalue weighted by Gasteiger charge is -2.36. The third-order valence-corrected chi connectivity index (χ3v) is 6.55. The van der Waals surface area contributed by atoms with Gasteiger partial charge in [-0.2, -0.15) is 0 Å². The lowest BCUT2D eigenvalue weighted by Crippen LogP contribution is -2.51. The summed E-state index contributed by atoms with van der Waals surface area (Å²) in [4.78, 5) is 41.9. The van der Waals surface area contributed by atoms with Crippen molar-refractivity contribution in [2.75, 3.05) is 26.2 Å². The van der Waals surface area contributed by atoms with E-state index in [1.807, 2.05) is 29.2 Å². The van der Waals surface area contributed by atoms with Gasteiger partial charge in [0.15, 0.2) is 0 Å². The van der Waals surface area contributed by atoms with Crippen LogP contribution in [0, 0.1) is 5.92 Å². The third-order valence-electron chi connectivity index (χ3n) is 6.55. The minimum atomic E-state index is -0.593. The van der Waals surface area contributed by atoms with Gasteiger partial charge in [-0.1, -0.05) is 32.9 Å². The molecule has 170 valence electrons. The van der Waals surface area contributed by atoms with Crippen molar-refractivity contribution < 1.29 is 14.4 Å². The smallest absolute Gasteiger partial charge is 0.251 e. The molecule has 0 saturated carbocycles. The second kappa shape index (κ2) is 9.84. The molecule has 31 heavy (non-hydrogen) atoms. The molecular formula is C25H37N3O3. The molecule has 3 amide bonds. The van der Waals surface area contributed by atoms with E-state index < -0.39 is 6.04 Å². The summed E-state index contributed by atoms with van der Waals surface area (Å²) >= 11 is 0. The first kappa shape index (κ1) is 23.3. The van der Waals surface area contributed by atoms with Gasteiger partial charge in [-0.3, -0.25) is 14.4 Å². The Bertz CT molecular complexity index is 783. The van der Waals surface area contributed by atoms with Crippen LogP contribution >= 0.6 is 0 Å². The maximum absolute atomic E-state index is 12.8. The van der Waals surface area contributed by atoms with E-state index in [9.17, 15) is 14.4 Å². The van der Waals surface area contributed by atoms with Crippen molar-refractivity contribution in [1.29, 1.82) is 0 Å². The maximum atomic E-state index is 12.8. The quantitative estimate of drug-likeness (QED) is 0.801. The molecule has 0 spiro atoms. The molecular weight excluding hydrogens is 390 g/mol. The van der Waals surface area contributed by atoms with Crippen LogP contribution in [-0.2, 0) is 15.0 Å². The number of rotatable bonds is 4. The monoisotopic (exact) mass is 427 g/mol. The Morgan fingerprint density at radius 2 is 1.48 bits per heavy atom. The number of nitrogens with one attached hydrogen (secondary N) is 1. The predicted octanol–water partition coefficient (Wildman–Crippen LogP) is 3.35. The van der Waals surface area contributed by atoms with Crippen molar-refractivity contribution in [1.82, 2.24) is 15.1 Å². The van der Waals surface area contributed by atoms with E-state index in [4.69, 9.17) is 0 Å². The van der Waals surface area contributed by atoms with E-state index in [1.54, 1.807) is 11.8 Å². The summed E-state index contributed by atoms with van der Waals surface area (Å²) < 4.78 is 0. The van der Waals surface area contributed by atoms with Gasteiger partial charge in [0.05, 0.1) is 0 Å². The van der Waals surface area contributed by atoms with E-state index in [0.717, 1.165) is 31.5 Å². The molecule has 1 atom stereocenters. The topological polar surface area (TPSA) is 69.7 Å². The van der Waals surface area contributed by atoms with Crippen LogP contribution in [0.2, 0.25) is 0 Å². The zero-order valence-corrected chi connectivity index (χ0v) is 19.4. The molecule has 6 nitrogen and oxygen atoms in total. The minimum absolute atomic E-state index is 0.0216. The highest BCUT2D eigenvalue weighted by Gasteiger charge is 2.32. The van der Waals surface area contributed by atoms with Crippen LogP contribution in [0.4, 0.5) is 0 Å². The Hall–Kier alpha value is -2.37. The number of piperidine rings is 2. The molecule has 0 radical (unpaired) electrons. The molecule has 3 rings (SSSR count). The van der Waals surface area contributed by atoms with Crippen molar-refractivity contribution in [3.05, 3.63) is 35.4 Å². The van der Waals surface area contributed by atoms with Crippen molar-refractivity contribution in [3.63, 3.8) is 0 Å². The van der Waals surface area contributed by atoms with Gasteiger partial charge < -0.3 is 15.1 Å². The van der Waals surface area contributed by atoms with Crippen LogP contribution in [0.5, 0.6) is 0 Å². The zero-order chi connectivity index (χ0) is 22.6. The summed E-state index contributed by atoms with van der Waals surface area (Å²) in [5.74, 6) is -0.0414. The molecule has 1 aromatic rings. The average molecular weight is 428 g/mol. The number of likely N-dealkylation sites (tertiary alicyclic amines) is 2. The SMILES string of the molecule is CC(NC(=O)c1ccc(C(C)(C)C)cc1)C(=O)N1CCC(C(=O)N2CCCCC2)CC1. The van der Waals surface area contributed by atoms with Gasteiger partial charge >= 0.3 is 0 Å². The van der Waals surface area contributed by atoms with Crippen LogP contribution in [0.25, 0.3) is 0 Å². The van der Waals surface area contributed by atoms with Crippen molar-refractivity contribution in [2.45, 2.75) is 71.3 Å². The number of hydrogen-bond acceptors (Lipinski definition) is 3. The Labute approximate surface area is 186 Å². The molecule has 2 aliphatic heterocycles. The van der Waals surface area contributed by atoms with Gasteiger partial charge in [0.2, 0.25) is 11.8 Å². The lowest BCUT2D eigenvalue weighted by atomic mass is 9.86. The van der Waals surface area contributed by atoms with E-state index >= 15 is 0 Å². The second-order valence-electron chi connectivity index (χ2n) is 10.0. The number of carbonyl (C=O) groups is 3. The molecule has 1 aromatic carbocycles. The number of carbonyl (C=O) groups excluding carboxylic acids is 3. The fourth-order valence-electron chi connectivity index (χ4n) is 4.46. The summed E-state index contributed by atoms with van der Waals surface area (Å²) in [6.45, 7) is 11.0. The standard InChI is InChI=1S/C25H37N3O3/c1-18(26-22(29)19-8-10-21(11-9-19)25(2,3)4)23(30)28-16-12-20(13-17-28)24(31)27-14-6-5-7-15-27/h8-11,18,20H,5-7,12-17H2,1-4H3,(H,26,29). The van der Waals surface area contributed by atoms with Gasteiger partial charge in [-0.25, -0.2) is 0 Å². The highest BCUT2D eigenvalue weighted by atomic mass is 16.2. The molecule has 1 N–H and O–H groups in total. The Morgan fingerprint density at radius 1 is 0.903 bits per heavy atom. The van der Waals surface area contributed by atoms with Gasteiger partial charge in [0.25, 0.3) is 5.91 Å². The first-order valence-corrected chi connectivity index (χ1v) is 11.7. The molecule has 2 fully saturated rings. The average Bonchev–Trinajstić information content (AvgIpc) is 2.78. The summed E-state index contributed by atoms with van der Waals surface area (Å²) in [6.07, 6.45) is 4.81. The van der Waals surface area contributed by atoms with Crippen molar-refractivity contribution in [2.24, 2.45) is 5.92 Å². The minimum Gasteiger partial charge on any atom is -0.342 e. The molecule has 2 heterocycles. The van der Waals surface area contributed by atoms with Crippen LogP contribution < -0.4 is 5.32 Å². The molecule has 1 unspecified atom stereocenters. The summed E-state index contributed by atoms with van der Waals surface area (Å²) in [7, 11) is 0. The third kappa shape index (κ3) is 5.86.